The molecule has 2 aromatic carbocycles. The molecule has 1 amide bonds. The Balaban J connectivity index is 1.75. The second-order valence-electron chi connectivity index (χ2n) is 6.44. The highest BCUT2D eigenvalue weighted by Crippen LogP contribution is 2.30. The number of benzene rings is 2. The van der Waals surface area contributed by atoms with Crippen molar-refractivity contribution in [2.45, 2.75) is 20.8 Å². The number of anilines is 1. The van der Waals surface area contributed by atoms with Gasteiger partial charge in [0.1, 0.15) is 5.82 Å². The smallest absolute Gasteiger partial charge is 0.257 e. The van der Waals surface area contributed by atoms with Gasteiger partial charge in [0, 0.05) is 9.64 Å². The van der Waals surface area contributed by atoms with Crippen molar-refractivity contribution in [2.75, 3.05) is 5.32 Å². The van der Waals surface area contributed by atoms with Crippen molar-refractivity contribution in [2.24, 2.45) is 0 Å². The molecule has 0 saturated carbocycles. The van der Waals surface area contributed by atoms with Crippen LogP contribution in [0.25, 0.3) is 15.3 Å². The van der Waals surface area contributed by atoms with Crippen LogP contribution >= 0.6 is 33.9 Å². The molecule has 5 nitrogen and oxygen atoms in total. The molecule has 0 unspecified atom stereocenters. The lowest BCUT2D eigenvalue weighted by molar-refractivity contribution is 0.102. The van der Waals surface area contributed by atoms with Crippen LogP contribution < -0.4 is 5.32 Å². The normalized spacial score (nSPS) is 11.1. The number of fused-ring (bicyclic) bond motifs is 1. The molecule has 27 heavy (non-hydrogen) atoms. The lowest BCUT2D eigenvalue weighted by atomic mass is 10.1. The Morgan fingerprint density at radius 2 is 1.93 bits per heavy atom. The van der Waals surface area contributed by atoms with Gasteiger partial charge in [-0.2, -0.15) is 9.78 Å². The molecule has 0 radical (unpaired) electrons. The minimum absolute atomic E-state index is 0.158. The van der Waals surface area contributed by atoms with Crippen molar-refractivity contribution in [3.05, 3.63) is 68.4 Å². The van der Waals surface area contributed by atoms with Crippen LogP contribution in [0.5, 0.6) is 0 Å². The summed E-state index contributed by atoms with van der Waals surface area (Å²) in [7, 11) is 0. The van der Waals surface area contributed by atoms with Crippen molar-refractivity contribution in [1.29, 1.82) is 0 Å². The van der Waals surface area contributed by atoms with Gasteiger partial charge in [0.15, 0.2) is 0 Å². The van der Waals surface area contributed by atoms with E-state index in [9.17, 15) is 4.79 Å². The summed E-state index contributed by atoms with van der Waals surface area (Å²) in [4.78, 5) is 17.5. The van der Waals surface area contributed by atoms with Crippen molar-refractivity contribution in [3.63, 3.8) is 0 Å². The third kappa shape index (κ3) is 3.49. The van der Waals surface area contributed by atoms with Gasteiger partial charge in [-0.1, -0.05) is 29.5 Å². The Morgan fingerprint density at radius 3 is 2.70 bits per heavy atom. The largest absolute Gasteiger partial charge is 0.306 e. The maximum Gasteiger partial charge on any atom is 0.257 e. The lowest BCUT2D eigenvalue weighted by Gasteiger charge is -2.07. The Morgan fingerprint density at radius 1 is 1.15 bits per heavy atom. The zero-order chi connectivity index (χ0) is 19.1. The fourth-order valence-electron chi connectivity index (χ4n) is 3.01. The van der Waals surface area contributed by atoms with Gasteiger partial charge >= 0.3 is 0 Å². The summed E-state index contributed by atoms with van der Waals surface area (Å²) in [6, 6.07) is 13.6. The van der Waals surface area contributed by atoms with Gasteiger partial charge in [-0.05, 0) is 72.7 Å². The molecule has 0 saturated heterocycles. The Kier molecular flexibility index (Phi) is 4.73. The van der Waals surface area contributed by atoms with Crippen molar-refractivity contribution in [1.82, 2.24) is 14.8 Å². The van der Waals surface area contributed by atoms with E-state index >= 15 is 0 Å². The quantitative estimate of drug-likeness (QED) is 0.400. The highest BCUT2D eigenvalue weighted by molar-refractivity contribution is 14.1. The SMILES string of the molecule is Cc1cc(C)c2nc(-n3nc(C)cc3NC(=O)c3ccccc3I)sc2c1. The van der Waals surface area contributed by atoms with E-state index in [1.165, 1.54) is 5.56 Å². The van der Waals surface area contributed by atoms with Crippen LogP contribution in [0.1, 0.15) is 27.2 Å². The van der Waals surface area contributed by atoms with E-state index in [2.05, 4.69) is 59.0 Å². The topological polar surface area (TPSA) is 59.8 Å². The molecule has 0 spiro atoms. The van der Waals surface area contributed by atoms with Gasteiger partial charge in [-0.3, -0.25) is 4.79 Å². The first-order chi connectivity index (χ1) is 12.9. The van der Waals surface area contributed by atoms with Crippen LogP contribution in [-0.2, 0) is 0 Å². The monoisotopic (exact) mass is 488 g/mol. The van der Waals surface area contributed by atoms with Crippen LogP contribution in [0.3, 0.4) is 0 Å². The number of rotatable bonds is 3. The fourth-order valence-corrected chi connectivity index (χ4v) is 4.75. The van der Waals surface area contributed by atoms with Crippen LogP contribution in [0, 0.1) is 24.3 Å². The van der Waals surface area contributed by atoms with Gasteiger partial charge in [-0.25, -0.2) is 4.98 Å². The third-order valence-corrected chi connectivity index (χ3v) is 6.11. The first kappa shape index (κ1) is 18.1. The van der Waals surface area contributed by atoms with Crippen LogP contribution in [0.2, 0.25) is 0 Å². The number of amides is 1. The highest BCUT2D eigenvalue weighted by atomic mass is 127. The van der Waals surface area contributed by atoms with E-state index in [4.69, 9.17) is 4.98 Å². The average molecular weight is 488 g/mol. The van der Waals surface area contributed by atoms with Crippen LogP contribution in [0.4, 0.5) is 5.82 Å². The number of carbonyl (C=O) groups excluding carboxylic acids is 1. The number of hydrogen-bond acceptors (Lipinski definition) is 4. The number of nitrogens with one attached hydrogen (secondary N) is 1. The molecule has 0 aliphatic carbocycles. The van der Waals surface area contributed by atoms with E-state index in [1.807, 2.05) is 37.3 Å². The molecule has 136 valence electrons. The zero-order valence-corrected chi connectivity index (χ0v) is 18.1. The van der Waals surface area contributed by atoms with Gasteiger partial charge < -0.3 is 5.32 Å². The number of hydrogen-bond donors (Lipinski definition) is 1. The van der Waals surface area contributed by atoms with Gasteiger partial charge in [0.2, 0.25) is 5.13 Å². The molecule has 2 heterocycles. The number of aryl methyl sites for hydroxylation is 3. The molecule has 2 aromatic heterocycles. The minimum atomic E-state index is -0.158. The fraction of sp³-hybridized carbons (Fsp3) is 0.150. The number of carbonyl (C=O) groups is 1. The van der Waals surface area contributed by atoms with Gasteiger partial charge in [0.25, 0.3) is 5.91 Å². The second kappa shape index (κ2) is 7.05. The first-order valence-electron chi connectivity index (χ1n) is 8.43. The Labute approximate surface area is 174 Å². The maximum atomic E-state index is 12.7. The maximum absolute atomic E-state index is 12.7. The van der Waals surface area contributed by atoms with E-state index in [-0.39, 0.29) is 5.91 Å². The van der Waals surface area contributed by atoms with E-state index in [0.717, 1.165) is 30.2 Å². The molecule has 1 N–H and O–H groups in total. The zero-order valence-electron chi connectivity index (χ0n) is 15.1. The Bertz CT molecular complexity index is 1180. The first-order valence-corrected chi connectivity index (χ1v) is 10.3. The molecule has 0 aliphatic heterocycles. The minimum Gasteiger partial charge on any atom is -0.306 e. The van der Waals surface area contributed by atoms with E-state index < -0.39 is 0 Å². The predicted molar refractivity (Wildman–Crippen MR) is 118 cm³/mol. The average Bonchev–Trinajstić information content (AvgIpc) is 3.18. The Hall–Kier alpha value is -2.26. The second-order valence-corrected chi connectivity index (χ2v) is 8.61. The summed E-state index contributed by atoms with van der Waals surface area (Å²) in [6.07, 6.45) is 0. The molecular weight excluding hydrogens is 471 g/mol. The summed E-state index contributed by atoms with van der Waals surface area (Å²) in [6.45, 7) is 6.05. The molecular formula is C20H17IN4OS. The lowest BCUT2D eigenvalue weighted by Crippen LogP contribution is -2.16. The summed E-state index contributed by atoms with van der Waals surface area (Å²) in [5.41, 5.74) is 4.78. The van der Waals surface area contributed by atoms with Crippen LogP contribution in [0.15, 0.2) is 42.5 Å². The predicted octanol–water partition coefficient (Wildman–Crippen LogP) is 5.26. The third-order valence-electron chi connectivity index (χ3n) is 4.19. The van der Waals surface area contributed by atoms with Crippen molar-refractivity contribution in [3.8, 4) is 5.13 Å². The summed E-state index contributed by atoms with van der Waals surface area (Å²) >= 11 is 3.73. The summed E-state index contributed by atoms with van der Waals surface area (Å²) in [5.74, 6) is 0.458. The number of thiazole rings is 1. The van der Waals surface area contributed by atoms with Crippen molar-refractivity contribution >= 4 is 55.9 Å². The molecule has 0 atom stereocenters. The molecule has 0 fully saturated rings. The number of halogens is 1. The molecule has 0 bridgehead atoms. The highest BCUT2D eigenvalue weighted by Gasteiger charge is 2.17. The molecule has 0 aliphatic rings. The molecule has 7 heteroatoms. The summed E-state index contributed by atoms with van der Waals surface area (Å²) < 4.78 is 3.73. The molecule has 4 aromatic rings. The molecule has 4 rings (SSSR count). The summed E-state index contributed by atoms with van der Waals surface area (Å²) in [5, 5.41) is 8.27. The van der Waals surface area contributed by atoms with E-state index in [1.54, 1.807) is 16.0 Å². The van der Waals surface area contributed by atoms with Crippen LogP contribution in [-0.4, -0.2) is 20.7 Å². The number of aromatic nitrogens is 3. The van der Waals surface area contributed by atoms with Gasteiger partial charge in [0.05, 0.1) is 21.5 Å². The van der Waals surface area contributed by atoms with Gasteiger partial charge in [-0.15, -0.1) is 0 Å². The van der Waals surface area contributed by atoms with Crippen molar-refractivity contribution < 1.29 is 4.79 Å². The number of nitrogens with zero attached hydrogens (tertiary/aromatic N) is 3. The van der Waals surface area contributed by atoms with E-state index in [0.29, 0.717) is 11.4 Å². The standard InChI is InChI=1S/C20H17IN4OS/c1-11-8-12(2)18-16(9-11)27-20(23-18)25-17(10-13(3)24-25)22-19(26)14-6-4-5-7-15(14)21/h4-10H,1-3H3,(H,22,26).